The predicted octanol–water partition coefficient (Wildman–Crippen LogP) is 4.35. The van der Waals surface area contributed by atoms with Crippen molar-refractivity contribution in [3.8, 4) is 5.75 Å². The molecule has 0 radical (unpaired) electrons. The quantitative estimate of drug-likeness (QED) is 0.473. The maximum Gasteiger partial charge on any atom is 0.318 e. The largest absolute Gasteiger partial charge is 0.484 e. The molecule has 7 nitrogen and oxygen atoms in total. The van der Waals surface area contributed by atoms with E-state index in [1.54, 1.807) is 30.3 Å². The number of hydrogen-bond donors (Lipinski definition) is 3. The van der Waals surface area contributed by atoms with Crippen LogP contribution >= 0.6 is 0 Å². The molecule has 0 saturated carbocycles. The molecule has 1 heterocycles. The SMILES string of the molecule is CNC(=O)Nc1ccc(NC(=O)COc2ccc3oc4ccccc4c3c2)cc1. The number of urea groups is 1. The number of carbonyl (C=O) groups excluding carboxylic acids is 2. The first-order chi connectivity index (χ1) is 14.1. The summed E-state index contributed by atoms with van der Waals surface area (Å²) in [6.07, 6.45) is 0. The first-order valence-electron chi connectivity index (χ1n) is 9.05. The van der Waals surface area contributed by atoms with E-state index in [0.717, 1.165) is 21.9 Å². The van der Waals surface area contributed by atoms with Gasteiger partial charge in [0.2, 0.25) is 0 Å². The molecule has 0 aliphatic heterocycles. The van der Waals surface area contributed by atoms with Crippen molar-refractivity contribution in [2.24, 2.45) is 0 Å². The van der Waals surface area contributed by atoms with E-state index in [4.69, 9.17) is 9.15 Å². The van der Waals surface area contributed by atoms with E-state index in [0.29, 0.717) is 17.1 Å². The molecule has 3 amide bonds. The molecule has 4 rings (SSSR count). The van der Waals surface area contributed by atoms with Gasteiger partial charge in [-0.2, -0.15) is 0 Å². The Kier molecular flexibility index (Phi) is 5.03. The highest BCUT2D eigenvalue weighted by Gasteiger charge is 2.09. The zero-order valence-corrected chi connectivity index (χ0v) is 15.7. The molecule has 7 heteroatoms. The number of hydrogen-bond acceptors (Lipinski definition) is 4. The Morgan fingerprint density at radius 2 is 1.55 bits per heavy atom. The van der Waals surface area contributed by atoms with Crippen molar-refractivity contribution in [2.45, 2.75) is 0 Å². The van der Waals surface area contributed by atoms with Crippen LogP contribution in [0.2, 0.25) is 0 Å². The number of nitrogens with one attached hydrogen (secondary N) is 3. The zero-order chi connectivity index (χ0) is 20.2. The number of rotatable bonds is 5. The summed E-state index contributed by atoms with van der Waals surface area (Å²) in [5, 5.41) is 9.82. The van der Waals surface area contributed by atoms with Gasteiger partial charge in [0.1, 0.15) is 16.9 Å². The number of fused-ring (bicyclic) bond motifs is 3. The minimum atomic E-state index is -0.308. The maximum absolute atomic E-state index is 12.2. The summed E-state index contributed by atoms with van der Waals surface area (Å²) in [5.74, 6) is 0.304. The summed E-state index contributed by atoms with van der Waals surface area (Å²) in [6, 6.07) is 19.7. The second kappa shape index (κ2) is 7.93. The molecule has 3 N–H and O–H groups in total. The summed E-state index contributed by atoms with van der Waals surface area (Å²) in [6.45, 7) is -0.125. The first-order valence-corrected chi connectivity index (χ1v) is 9.05. The van der Waals surface area contributed by atoms with Gasteiger partial charge in [0.25, 0.3) is 5.91 Å². The highest BCUT2D eigenvalue weighted by Crippen LogP contribution is 2.31. The van der Waals surface area contributed by atoms with Crippen molar-refractivity contribution in [1.82, 2.24) is 5.32 Å². The Balaban J connectivity index is 1.38. The van der Waals surface area contributed by atoms with E-state index < -0.39 is 0 Å². The van der Waals surface area contributed by atoms with Crippen LogP contribution in [0.15, 0.2) is 71.1 Å². The van der Waals surface area contributed by atoms with Crippen molar-refractivity contribution in [3.05, 3.63) is 66.7 Å². The Hall–Kier alpha value is -4.00. The standard InChI is InChI=1S/C22H19N3O4/c1-23-22(27)25-15-8-6-14(7-9-15)24-21(26)13-28-16-10-11-20-18(12-16)17-4-2-3-5-19(17)29-20/h2-12H,13H2,1H3,(H,24,26)(H2,23,25,27). The van der Waals surface area contributed by atoms with E-state index in [1.165, 1.54) is 7.05 Å². The molecule has 3 aromatic carbocycles. The molecule has 4 aromatic rings. The van der Waals surface area contributed by atoms with E-state index in [2.05, 4.69) is 16.0 Å². The third kappa shape index (κ3) is 4.14. The lowest BCUT2D eigenvalue weighted by atomic mass is 10.1. The molecule has 0 aliphatic rings. The molecular formula is C22H19N3O4. The van der Waals surface area contributed by atoms with Crippen LogP contribution in [0.5, 0.6) is 5.75 Å². The Morgan fingerprint density at radius 1 is 0.862 bits per heavy atom. The van der Waals surface area contributed by atoms with Crippen LogP contribution < -0.4 is 20.7 Å². The summed E-state index contributed by atoms with van der Waals surface area (Å²) in [4.78, 5) is 23.5. The van der Waals surface area contributed by atoms with Gasteiger partial charge in [0.15, 0.2) is 6.61 Å². The predicted molar refractivity (Wildman–Crippen MR) is 112 cm³/mol. The summed E-state index contributed by atoms with van der Waals surface area (Å²) >= 11 is 0. The van der Waals surface area contributed by atoms with Crippen molar-refractivity contribution in [1.29, 1.82) is 0 Å². The van der Waals surface area contributed by atoms with E-state index in [9.17, 15) is 9.59 Å². The highest BCUT2D eigenvalue weighted by molar-refractivity contribution is 6.05. The van der Waals surface area contributed by atoms with Crippen LogP contribution in [0.1, 0.15) is 0 Å². The van der Waals surface area contributed by atoms with Crippen LogP contribution in [0.3, 0.4) is 0 Å². The van der Waals surface area contributed by atoms with Gasteiger partial charge in [-0.15, -0.1) is 0 Å². The molecule has 0 spiro atoms. The van der Waals surface area contributed by atoms with E-state index >= 15 is 0 Å². The molecule has 0 atom stereocenters. The van der Waals surface area contributed by atoms with Gasteiger partial charge in [0, 0.05) is 29.2 Å². The number of furan rings is 1. The van der Waals surface area contributed by atoms with Crippen LogP contribution in [-0.2, 0) is 4.79 Å². The molecule has 0 aliphatic carbocycles. The van der Waals surface area contributed by atoms with Crippen LogP contribution in [0.25, 0.3) is 21.9 Å². The summed E-state index contributed by atoms with van der Waals surface area (Å²) in [7, 11) is 1.54. The van der Waals surface area contributed by atoms with Gasteiger partial charge in [-0.3, -0.25) is 4.79 Å². The van der Waals surface area contributed by atoms with Crippen LogP contribution in [0, 0.1) is 0 Å². The topological polar surface area (TPSA) is 92.6 Å². The van der Waals surface area contributed by atoms with Crippen LogP contribution in [-0.4, -0.2) is 25.6 Å². The number of anilines is 2. The molecule has 0 bridgehead atoms. The van der Waals surface area contributed by atoms with E-state index in [-0.39, 0.29) is 18.5 Å². The third-order valence-corrected chi connectivity index (χ3v) is 4.37. The normalized spacial score (nSPS) is 10.7. The lowest BCUT2D eigenvalue weighted by molar-refractivity contribution is -0.118. The van der Waals surface area contributed by atoms with Crippen LogP contribution in [0.4, 0.5) is 16.2 Å². The number of para-hydroxylation sites is 1. The second-order valence-corrected chi connectivity index (χ2v) is 6.37. The van der Waals surface area contributed by atoms with Gasteiger partial charge >= 0.3 is 6.03 Å². The minimum Gasteiger partial charge on any atom is -0.484 e. The Bertz CT molecular complexity index is 1180. The summed E-state index contributed by atoms with van der Waals surface area (Å²) in [5.41, 5.74) is 2.82. The molecular weight excluding hydrogens is 370 g/mol. The van der Waals surface area contributed by atoms with E-state index in [1.807, 2.05) is 36.4 Å². The average Bonchev–Trinajstić information content (AvgIpc) is 3.11. The molecule has 0 unspecified atom stereocenters. The minimum absolute atomic E-state index is 0.125. The smallest absolute Gasteiger partial charge is 0.318 e. The van der Waals surface area contributed by atoms with Gasteiger partial charge in [-0.05, 0) is 48.5 Å². The highest BCUT2D eigenvalue weighted by atomic mass is 16.5. The van der Waals surface area contributed by atoms with Crippen molar-refractivity contribution in [3.63, 3.8) is 0 Å². The lowest BCUT2D eigenvalue weighted by Crippen LogP contribution is -2.24. The first kappa shape index (κ1) is 18.4. The van der Waals surface area contributed by atoms with Crippen molar-refractivity contribution in [2.75, 3.05) is 24.3 Å². The fraction of sp³-hybridized carbons (Fsp3) is 0.0909. The average molecular weight is 389 g/mol. The van der Waals surface area contributed by atoms with Crippen molar-refractivity contribution < 1.29 is 18.7 Å². The summed E-state index contributed by atoms with van der Waals surface area (Å²) < 4.78 is 11.4. The third-order valence-electron chi connectivity index (χ3n) is 4.37. The molecule has 29 heavy (non-hydrogen) atoms. The number of benzene rings is 3. The number of amides is 3. The number of carbonyl (C=O) groups is 2. The second-order valence-electron chi connectivity index (χ2n) is 6.37. The maximum atomic E-state index is 12.2. The molecule has 146 valence electrons. The van der Waals surface area contributed by atoms with Gasteiger partial charge in [-0.1, -0.05) is 18.2 Å². The fourth-order valence-corrected chi connectivity index (χ4v) is 2.97. The molecule has 0 fully saturated rings. The van der Waals surface area contributed by atoms with Gasteiger partial charge in [0.05, 0.1) is 0 Å². The lowest BCUT2D eigenvalue weighted by Gasteiger charge is -2.09. The van der Waals surface area contributed by atoms with Gasteiger partial charge < -0.3 is 25.1 Å². The number of ether oxygens (including phenoxy) is 1. The van der Waals surface area contributed by atoms with Crippen molar-refractivity contribution >= 4 is 45.3 Å². The Labute approximate surface area is 166 Å². The van der Waals surface area contributed by atoms with Gasteiger partial charge in [-0.25, -0.2) is 4.79 Å². The zero-order valence-electron chi connectivity index (χ0n) is 15.7. The monoisotopic (exact) mass is 389 g/mol. The Morgan fingerprint density at radius 3 is 2.31 bits per heavy atom. The fourth-order valence-electron chi connectivity index (χ4n) is 2.97. The molecule has 0 saturated heterocycles. The molecule has 1 aromatic heterocycles.